The second-order valence-electron chi connectivity index (χ2n) is 7.46. The molecular weight excluding hydrogens is 491 g/mol. The largest absolute Gasteiger partial charge is 0.354 e. The first-order chi connectivity index (χ1) is 13.0. The van der Waals surface area contributed by atoms with Crippen molar-refractivity contribution in [1.82, 2.24) is 20.5 Å². The molecule has 1 unspecified atom stereocenters. The molecule has 3 rings (SSSR count). The van der Waals surface area contributed by atoms with Crippen LogP contribution >= 0.6 is 35.6 Å². The molecule has 0 aromatic carbocycles. The zero-order valence-corrected chi connectivity index (χ0v) is 19.6. The van der Waals surface area contributed by atoms with E-state index in [4.69, 9.17) is 11.6 Å². The van der Waals surface area contributed by atoms with Gasteiger partial charge in [-0.3, -0.25) is 4.79 Å². The number of anilines is 1. The summed E-state index contributed by atoms with van der Waals surface area (Å²) >= 11 is 6.28. The van der Waals surface area contributed by atoms with Crippen LogP contribution < -0.4 is 15.5 Å². The molecule has 2 fully saturated rings. The number of nitrogens with zero attached hydrogens (tertiary/aromatic N) is 4. The molecule has 7 nitrogen and oxygen atoms in total. The summed E-state index contributed by atoms with van der Waals surface area (Å²) in [5.74, 6) is 1.56. The third-order valence-corrected chi connectivity index (χ3v) is 5.43. The Labute approximate surface area is 189 Å². The Balaban J connectivity index is 0.00000280. The van der Waals surface area contributed by atoms with Crippen molar-refractivity contribution < 1.29 is 4.79 Å². The van der Waals surface area contributed by atoms with Gasteiger partial charge in [0, 0.05) is 45.5 Å². The van der Waals surface area contributed by atoms with E-state index in [0.717, 1.165) is 44.1 Å². The fourth-order valence-corrected chi connectivity index (χ4v) is 3.80. The molecule has 1 aromatic heterocycles. The lowest BCUT2D eigenvalue weighted by molar-refractivity contribution is -0.127. The number of carbonyl (C=O) groups excluding carboxylic acids is 1. The topological polar surface area (TPSA) is 72.9 Å². The third-order valence-electron chi connectivity index (χ3n) is 5.13. The SMILES string of the molecule is CN(C)C(=O)CN=C(NC1CCCC1)NC1CCN(c2ncccc2Cl)C1.I. The van der Waals surface area contributed by atoms with Crippen LogP contribution in [0, 0.1) is 0 Å². The van der Waals surface area contributed by atoms with Crippen LogP contribution in [0.15, 0.2) is 23.3 Å². The number of amides is 1. The molecule has 0 spiro atoms. The van der Waals surface area contributed by atoms with Gasteiger partial charge in [0.1, 0.15) is 12.4 Å². The molecule has 0 bridgehead atoms. The van der Waals surface area contributed by atoms with E-state index in [0.29, 0.717) is 11.1 Å². The van der Waals surface area contributed by atoms with Gasteiger partial charge in [-0.15, -0.1) is 24.0 Å². The van der Waals surface area contributed by atoms with E-state index < -0.39 is 0 Å². The molecule has 2 N–H and O–H groups in total. The molecule has 1 saturated carbocycles. The van der Waals surface area contributed by atoms with Crippen LogP contribution in [-0.4, -0.2) is 67.6 Å². The molecule has 2 aliphatic rings. The molecule has 0 radical (unpaired) electrons. The lowest BCUT2D eigenvalue weighted by Gasteiger charge is -2.22. The Kier molecular flexibility index (Phi) is 9.07. The summed E-state index contributed by atoms with van der Waals surface area (Å²) in [7, 11) is 3.50. The first-order valence-electron chi connectivity index (χ1n) is 9.66. The highest BCUT2D eigenvalue weighted by molar-refractivity contribution is 14.0. The molecule has 2 heterocycles. The maximum atomic E-state index is 11.9. The second-order valence-corrected chi connectivity index (χ2v) is 7.87. The zero-order chi connectivity index (χ0) is 19.2. The van der Waals surface area contributed by atoms with Crippen LogP contribution in [0.25, 0.3) is 0 Å². The first-order valence-corrected chi connectivity index (χ1v) is 10.0. The number of hydrogen-bond acceptors (Lipinski definition) is 4. The van der Waals surface area contributed by atoms with Gasteiger partial charge < -0.3 is 20.4 Å². The summed E-state index contributed by atoms with van der Waals surface area (Å²) in [6.45, 7) is 1.85. The van der Waals surface area contributed by atoms with Crippen molar-refractivity contribution in [2.45, 2.75) is 44.2 Å². The average molecular weight is 521 g/mol. The van der Waals surface area contributed by atoms with Crippen LogP contribution in [0.3, 0.4) is 0 Å². The maximum Gasteiger partial charge on any atom is 0.243 e. The van der Waals surface area contributed by atoms with Crippen molar-refractivity contribution >= 4 is 53.3 Å². The van der Waals surface area contributed by atoms with Gasteiger partial charge in [0.05, 0.1) is 5.02 Å². The Morgan fingerprint density at radius 1 is 1.29 bits per heavy atom. The highest BCUT2D eigenvalue weighted by Crippen LogP contribution is 2.25. The van der Waals surface area contributed by atoms with Crippen LogP contribution in [-0.2, 0) is 4.79 Å². The summed E-state index contributed by atoms with van der Waals surface area (Å²) in [6.07, 6.45) is 7.54. The molecule has 1 aliphatic carbocycles. The average Bonchev–Trinajstić information content (AvgIpc) is 3.32. The van der Waals surface area contributed by atoms with Crippen LogP contribution in [0.4, 0.5) is 5.82 Å². The number of aliphatic imine (C=N–C) groups is 1. The van der Waals surface area contributed by atoms with Crippen molar-refractivity contribution in [2.24, 2.45) is 4.99 Å². The molecule has 1 amide bonds. The number of hydrogen-bond donors (Lipinski definition) is 2. The van der Waals surface area contributed by atoms with Crippen molar-refractivity contribution in [3.05, 3.63) is 23.4 Å². The standard InChI is InChI=1S/C19H29ClN6O.HI/c1-25(2)17(27)12-22-19(23-14-6-3-4-7-14)24-15-9-11-26(13-15)18-16(20)8-5-10-21-18;/h5,8,10,14-15H,3-4,6-7,9,11-13H2,1-2H3,(H2,22,23,24);1H. The molecular formula is C19H30ClIN6O. The zero-order valence-electron chi connectivity index (χ0n) is 16.5. The Bertz CT molecular complexity index is 680. The van der Waals surface area contributed by atoms with E-state index in [1.807, 2.05) is 12.1 Å². The summed E-state index contributed by atoms with van der Waals surface area (Å²) in [5.41, 5.74) is 0. The summed E-state index contributed by atoms with van der Waals surface area (Å²) in [4.78, 5) is 24.6. The van der Waals surface area contributed by atoms with Crippen molar-refractivity contribution in [2.75, 3.05) is 38.6 Å². The van der Waals surface area contributed by atoms with Crippen molar-refractivity contribution in [1.29, 1.82) is 0 Å². The first kappa shape index (κ1) is 23.0. The Hall–Kier alpha value is -1.29. The number of likely N-dealkylation sites (N-methyl/N-ethyl adjacent to an activating group) is 1. The maximum absolute atomic E-state index is 11.9. The van der Waals surface area contributed by atoms with Gasteiger partial charge in [0.25, 0.3) is 0 Å². The minimum Gasteiger partial charge on any atom is -0.354 e. The van der Waals surface area contributed by atoms with E-state index in [-0.39, 0.29) is 42.5 Å². The molecule has 156 valence electrons. The summed E-state index contributed by atoms with van der Waals surface area (Å²) in [5, 5.41) is 7.70. The second kappa shape index (κ2) is 11.0. The number of halogens is 2. The van der Waals surface area contributed by atoms with E-state index in [1.54, 1.807) is 25.2 Å². The van der Waals surface area contributed by atoms with Crippen LogP contribution in [0.5, 0.6) is 0 Å². The highest BCUT2D eigenvalue weighted by atomic mass is 127. The highest BCUT2D eigenvalue weighted by Gasteiger charge is 2.26. The number of nitrogens with one attached hydrogen (secondary N) is 2. The van der Waals surface area contributed by atoms with Gasteiger partial charge in [-0.1, -0.05) is 24.4 Å². The number of pyridine rings is 1. The van der Waals surface area contributed by atoms with E-state index in [2.05, 4.69) is 25.5 Å². The number of aromatic nitrogens is 1. The van der Waals surface area contributed by atoms with Gasteiger partial charge in [0.2, 0.25) is 5.91 Å². The Morgan fingerprint density at radius 2 is 2.00 bits per heavy atom. The van der Waals surface area contributed by atoms with Crippen LogP contribution in [0.2, 0.25) is 5.02 Å². The minimum atomic E-state index is -0.00385. The normalized spacial score (nSPS) is 20.0. The van der Waals surface area contributed by atoms with Gasteiger partial charge >= 0.3 is 0 Å². The van der Waals surface area contributed by atoms with Gasteiger partial charge in [0.15, 0.2) is 5.96 Å². The number of guanidine groups is 1. The van der Waals surface area contributed by atoms with Gasteiger partial charge in [-0.05, 0) is 31.4 Å². The molecule has 28 heavy (non-hydrogen) atoms. The van der Waals surface area contributed by atoms with E-state index in [1.165, 1.54) is 12.8 Å². The predicted molar refractivity (Wildman–Crippen MR) is 125 cm³/mol. The molecule has 1 aliphatic heterocycles. The molecule has 1 atom stereocenters. The summed E-state index contributed by atoms with van der Waals surface area (Å²) < 4.78 is 0. The lowest BCUT2D eigenvalue weighted by atomic mass is 10.2. The number of rotatable bonds is 5. The van der Waals surface area contributed by atoms with Gasteiger partial charge in [-0.25, -0.2) is 9.98 Å². The quantitative estimate of drug-likeness (QED) is 0.355. The Morgan fingerprint density at radius 3 is 2.68 bits per heavy atom. The monoisotopic (exact) mass is 520 g/mol. The minimum absolute atomic E-state index is 0. The van der Waals surface area contributed by atoms with Gasteiger partial charge in [-0.2, -0.15) is 0 Å². The molecule has 1 aromatic rings. The van der Waals surface area contributed by atoms with E-state index >= 15 is 0 Å². The fraction of sp³-hybridized carbons (Fsp3) is 0.632. The smallest absolute Gasteiger partial charge is 0.243 e. The van der Waals surface area contributed by atoms with Crippen molar-refractivity contribution in [3.8, 4) is 0 Å². The lowest BCUT2D eigenvalue weighted by Crippen LogP contribution is -2.48. The molecule has 1 saturated heterocycles. The van der Waals surface area contributed by atoms with E-state index in [9.17, 15) is 4.79 Å². The summed E-state index contributed by atoms with van der Waals surface area (Å²) in [6, 6.07) is 4.39. The van der Waals surface area contributed by atoms with Crippen molar-refractivity contribution in [3.63, 3.8) is 0 Å². The fourth-order valence-electron chi connectivity index (χ4n) is 3.56. The van der Waals surface area contributed by atoms with Crippen LogP contribution in [0.1, 0.15) is 32.1 Å². The number of carbonyl (C=O) groups is 1. The third kappa shape index (κ3) is 6.37. The predicted octanol–water partition coefficient (Wildman–Crippen LogP) is 2.50. The molecule has 9 heteroatoms.